The number of carbonyl (C=O) groups is 1. The molecule has 0 aliphatic carbocycles. The van der Waals surface area contributed by atoms with Gasteiger partial charge in [0, 0.05) is 24.7 Å². The number of amides is 1. The van der Waals surface area contributed by atoms with Crippen LogP contribution >= 0.6 is 0 Å². The Morgan fingerprint density at radius 2 is 2.15 bits per heavy atom. The molecule has 20 heavy (non-hydrogen) atoms. The predicted molar refractivity (Wildman–Crippen MR) is 82.1 cm³/mol. The molecular formula is C16H25N3O. The van der Waals surface area contributed by atoms with Crippen LogP contribution in [-0.4, -0.2) is 62.5 Å². The van der Waals surface area contributed by atoms with Crippen molar-refractivity contribution < 1.29 is 4.79 Å². The van der Waals surface area contributed by atoms with Gasteiger partial charge in [-0.2, -0.15) is 0 Å². The number of nitrogens with zero attached hydrogens (tertiary/aromatic N) is 2. The van der Waals surface area contributed by atoms with E-state index >= 15 is 0 Å². The van der Waals surface area contributed by atoms with Gasteiger partial charge in [-0.05, 0) is 52.2 Å². The fourth-order valence-corrected chi connectivity index (χ4v) is 2.72. The molecule has 1 heterocycles. The highest BCUT2D eigenvalue weighted by atomic mass is 16.2. The van der Waals surface area contributed by atoms with E-state index in [1.165, 1.54) is 0 Å². The minimum Gasteiger partial charge on any atom is -0.337 e. The van der Waals surface area contributed by atoms with Gasteiger partial charge in [0.25, 0.3) is 5.91 Å². The van der Waals surface area contributed by atoms with Crippen LogP contribution < -0.4 is 5.32 Å². The van der Waals surface area contributed by atoms with Gasteiger partial charge in [0.2, 0.25) is 0 Å². The van der Waals surface area contributed by atoms with Crippen LogP contribution in [0.15, 0.2) is 24.3 Å². The van der Waals surface area contributed by atoms with Crippen LogP contribution in [0.1, 0.15) is 22.3 Å². The van der Waals surface area contributed by atoms with E-state index in [-0.39, 0.29) is 5.91 Å². The van der Waals surface area contributed by atoms with Crippen molar-refractivity contribution in [1.82, 2.24) is 15.1 Å². The molecule has 1 amide bonds. The van der Waals surface area contributed by atoms with Crippen LogP contribution in [0, 0.1) is 0 Å². The van der Waals surface area contributed by atoms with Crippen LogP contribution in [0.3, 0.4) is 0 Å². The second-order valence-corrected chi connectivity index (χ2v) is 5.67. The number of nitrogens with one attached hydrogen (secondary N) is 1. The van der Waals surface area contributed by atoms with Crippen LogP contribution in [0.25, 0.3) is 0 Å². The highest BCUT2D eigenvalue weighted by Gasteiger charge is 2.28. The third-order valence-corrected chi connectivity index (χ3v) is 4.07. The maximum atomic E-state index is 12.7. The lowest BCUT2D eigenvalue weighted by atomic mass is 10.0. The van der Waals surface area contributed by atoms with Gasteiger partial charge < -0.3 is 15.1 Å². The van der Waals surface area contributed by atoms with Gasteiger partial charge in [-0.3, -0.25) is 4.79 Å². The van der Waals surface area contributed by atoms with E-state index in [1.807, 2.05) is 30.1 Å². The molecule has 0 radical (unpaired) electrons. The summed E-state index contributed by atoms with van der Waals surface area (Å²) >= 11 is 0. The Bertz CT molecular complexity index is 459. The largest absolute Gasteiger partial charge is 0.337 e. The molecule has 1 aliphatic rings. The number of carbonyl (C=O) groups excluding carboxylic acids is 1. The molecule has 1 unspecified atom stereocenters. The molecule has 4 nitrogen and oxygen atoms in total. The summed E-state index contributed by atoms with van der Waals surface area (Å²) < 4.78 is 0. The standard InChI is InChI=1S/C16H25N3O/c1-17-10-8-13-6-4-5-7-15(13)16(20)19-11-9-14(12-19)18(2)3/h4-7,14,17H,8-12H2,1-3H3. The molecule has 1 fully saturated rings. The Hall–Kier alpha value is -1.39. The van der Waals surface area contributed by atoms with Crippen molar-refractivity contribution in [2.45, 2.75) is 18.9 Å². The van der Waals surface area contributed by atoms with Gasteiger partial charge >= 0.3 is 0 Å². The van der Waals surface area contributed by atoms with Crippen molar-refractivity contribution in [2.24, 2.45) is 0 Å². The lowest BCUT2D eigenvalue weighted by Crippen LogP contribution is -2.35. The van der Waals surface area contributed by atoms with Gasteiger partial charge in [0.15, 0.2) is 0 Å². The van der Waals surface area contributed by atoms with Crippen molar-refractivity contribution in [1.29, 1.82) is 0 Å². The molecule has 2 rings (SSSR count). The molecule has 0 spiro atoms. The van der Waals surface area contributed by atoms with Crippen molar-refractivity contribution in [2.75, 3.05) is 40.8 Å². The lowest BCUT2D eigenvalue weighted by molar-refractivity contribution is 0.0782. The highest BCUT2D eigenvalue weighted by molar-refractivity contribution is 5.95. The first kappa shape index (κ1) is 15.0. The first-order chi connectivity index (χ1) is 9.63. The van der Waals surface area contributed by atoms with Crippen molar-refractivity contribution in [3.63, 3.8) is 0 Å². The van der Waals surface area contributed by atoms with Gasteiger partial charge in [-0.1, -0.05) is 18.2 Å². The van der Waals surface area contributed by atoms with E-state index in [2.05, 4.69) is 30.4 Å². The monoisotopic (exact) mass is 275 g/mol. The zero-order valence-corrected chi connectivity index (χ0v) is 12.7. The molecule has 1 aliphatic heterocycles. The molecule has 1 atom stereocenters. The zero-order chi connectivity index (χ0) is 14.5. The van der Waals surface area contributed by atoms with Crippen molar-refractivity contribution in [3.8, 4) is 0 Å². The third kappa shape index (κ3) is 3.38. The van der Waals surface area contributed by atoms with Crippen LogP contribution in [-0.2, 0) is 6.42 Å². The molecule has 1 aromatic rings. The molecule has 1 aromatic carbocycles. The topological polar surface area (TPSA) is 35.6 Å². The number of rotatable bonds is 5. The predicted octanol–water partition coefficient (Wildman–Crippen LogP) is 1.22. The molecule has 0 aromatic heterocycles. The minimum atomic E-state index is 0.182. The Labute approximate surface area is 121 Å². The van der Waals surface area contributed by atoms with E-state index in [4.69, 9.17) is 0 Å². The van der Waals surface area contributed by atoms with E-state index < -0.39 is 0 Å². The first-order valence-corrected chi connectivity index (χ1v) is 7.31. The Balaban J connectivity index is 2.09. The Morgan fingerprint density at radius 1 is 1.40 bits per heavy atom. The van der Waals surface area contributed by atoms with E-state index in [0.717, 1.165) is 43.6 Å². The number of likely N-dealkylation sites (tertiary alicyclic amines) is 1. The summed E-state index contributed by atoms with van der Waals surface area (Å²) in [7, 11) is 6.10. The molecule has 0 bridgehead atoms. The van der Waals surface area contributed by atoms with Crippen molar-refractivity contribution >= 4 is 5.91 Å². The molecule has 4 heteroatoms. The van der Waals surface area contributed by atoms with E-state index in [0.29, 0.717) is 6.04 Å². The summed E-state index contributed by atoms with van der Waals surface area (Å²) in [4.78, 5) is 16.9. The molecule has 1 saturated heterocycles. The fourth-order valence-electron chi connectivity index (χ4n) is 2.72. The minimum absolute atomic E-state index is 0.182. The number of hydrogen-bond acceptors (Lipinski definition) is 3. The summed E-state index contributed by atoms with van der Waals surface area (Å²) in [5, 5.41) is 3.14. The maximum Gasteiger partial charge on any atom is 0.254 e. The van der Waals surface area contributed by atoms with Crippen LogP contribution in [0.5, 0.6) is 0 Å². The van der Waals surface area contributed by atoms with E-state index in [9.17, 15) is 4.79 Å². The van der Waals surface area contributed by atoms with Gasteiger partial charge in [-0.15, -0.1) is 0 Å². The van der Waals surface area contributed by atoms with Crippen molar-refractivity contribution in [3.05, 3.63) is 35.4 Å². The summed E-state index contributed by atoms with van der Waals surface area (Å²) in [6, 6.07) is 8.47. The second kappa shape index (κ2) is 6.86. The maximum absolute atomic E-state index is 12.7. The summed E-state index contributed by atoms with van der Waals surface area (Å²) in [6.45, 7) is 2.60. The number of benzene rings is 1. The number of likely N-dealkylation sites (N-methyl/N-ethyl adjacent to an activating group) is 2. The van der Waals surface area contributed by atoms with E-state index in [1.54, 1.807) is 0 Å². The fraction of sp³-hybridized carbons (Fsp3) is 0.562. The number of hydrogen-bond donors (Lipinski definition) is 1. The lowest BCUT2D eigenvalue weighted by Gasteiger charge is -2.21. The average Bonchev–Trinajstić information content (AvgIpc) is 2.94. The van der Waals surface area contributed by atoms with Gasteiger partial charge in [0.05, 0.1) is 0 Å². The van der Waals surface area contributed by atoms with Crippen LogP contribution in [0.4, 0.5) is 0 Å². The summed E-state index contributed by atoms with van der Waals surface area (Å²) in [5.41, 5.74) is 2.00. The smallest absolute Gasteiger partial charge is 0.254 e. The molecule has 0 saturated carbocycles. The second-order valence-electron chi connectivity index (χ2n) is 5.67. The summed E-state index contributed by atoms with van der Waals surface area (Å²) in [5.74, 6) is 0.182. The first-order valence-electron chi connectivity index (χ1n) is 7.31. The molecule has 1 N–H and O–H groups in total. The third-order valence-electron chi connectivity index (χ3n) is 4.07. The Morgan fingerprint density at radius 3 is 2.80 bits per heavy atom. The zero-order valence-electron chi connectivity index (χ0n) is 12.7. The Kier molecular flexibility index (Phi) is 5.15. The molecular weight excluding hydrogens is 250 g/mol. The summed E-state index contributed by atoms with van der Waals surface area (Å²) in [6.07, 6.45) is 1.96. The SMILES string of the molecule is CNCCc1ccccc1C(=O)N1CCC(N(C)C)C1. The van der Waals surface area contributed by atoms with Gasteiger partial charge in [0.1, 0.15) is 0 Å². The van der Waals surface area contributed by atoms with Crippen LogP contribution in [0.2, 0.25) is 0 Å². The van der Waals surface area contributed by atoms with Gasteiger partial charge in [-0.25, -0.2) is 0 Å². The average molecular weight is 275 g/mol. The normalized spacial score (nSPS) is 18.8. The quantitative estimate of drug-likeness (QED) is 0.878. The highest BCUT2D eigenvalue weighted by Crippen LogP contribution is 2.18. The molecule has 110 valence electrons.